The van der Waals surface area contributed by atoms with Gasteiger partial charge in [0, 0.05) is 17.4 Å². The van der Waals surface area contributed by atoms with Crippen molar-refractivity contribution in [3.8, 4) is 0 Å². The fourth-order valence-electron chi connectivity index (χ4n) is 4.28. The summed E-state index contributed by atoms with van der Waals surface area (Å²) in [6.07, 6.45) is -9.34. The third kappa shape index (κ3) is 2.45. The molecule has 1 aromatic carbocycles. The van der Waals surface area contributed by atoms with E-state index in [1.54, 1.807) is 6.07 Å². The Morgan fingerprint density at radius 2 is 1.69 bits per heavy atom. The minimum Gasteiger partial charge on any atom is -0.439 e. The molecule has 0 aromatic heterocycles. The first kappa shape index (κ1) is 19.5. The Bertz CT molecular complexity index is 938. The molecule has 29 heavy (non-hydrogen) atoms. The van der Waals surface area contributed by atoms with Gasteiger partial charge in [0.05, 0.1) is 0 Å². The molecule has 2 aliphatic carbocycles. The first-order valence-corrected chi connectivity index (χ1v) is 8.36. The summed E-state index contributed by atoms with van der Waals surface area (Å²) in [7, 11) is 0. The average molecular weight is 419 g/mol. The van der Waals surface area contributed by atoms with E-state index in [-0.39, 0.29) is 12.0 Å². The summed E-state index contributed by atoms with van der Waals surface area (Å²) in [5.41, 5.74) is -6.57. The first-order valence-electron chi connectivity index (χ1n) is 8.36. The number of halogens is 6. The molecule has 154 valence electrons. The van der Waals surface area contributed by atoms with Gasteiger partial charge in [0.2, 0.25) is 17.0 Å². The van der Waals surface area contributed by atoms with Gasteiger partial charge in [-0.15, -0.1) is 0 Å². The molecule has 4 rings (SSSR count). The lowest BCUT2D eigenvalue weighted by atomic mass is 9.71. The molecule has 2 bridgehead atoms. The molecule has 1 saturated carbocycles. The number of benzene rings is 1. The van der Waals surface area contributed by atoms with E-state index in [2.05, 4.69) is 9.73 Å². The summed E-state index contributed by atoms with van der Waals surface area (Å²) >= 11 is 0. The minimum absolute atomic E-state index is 0.155. The summed E-state index contributed by atoms with van der Waals surface area (Å²) in [4.78, 5) is 28.0. The molecule has 0 amide bonds. The smallest absolute Gasteiger partial charge is 0.439 e. The highest BCUT2D eigenvalue weighted by Gasteiger charge is 2.85. The molecule has 4 atom stereocenters. The zero-order chi connectivity index (χ0) is 21.2. The number of rotatable bonds is 2. The Morgan fingerprint density at radius 3 is 2.28 bits per heavy atom. The fraction of sp³-hybridized carbons (Fsp3) is 0.389. The van der Waals surface area contributed by atoms with Gasteiger partial charge in [-0.25, -0.2) is 14.6 Å². The number of ether oxygens (including phenoxy) is 2. The Hall–Kier alpha value is -2.85. The number of carbonyl (C=O) groups is 2. The molecule has 0 saturated heterocycles. The molecule has 1 aliphatic heterocycles. The number of fused-ring (bicyclic) bond motifs is 3. The highest BCUT2D eigenvalue weighted by molar-refractivity contribution is 6.09. The molecule has 0 radical (unpaired) electrons. The van der Waals surface area contributed by atoms with Crippen molar-refractivity contribution in [2.24, 2.45) is 16.8 Å². The predicted octanol–water partition coefficient (Wildman–Crippen LogP) is 3.34. The van der Waals surface area contributed by atoms with Crippen molar-refractivity contribution < 1.29 is 45.4 Å². The lowest BCUT2D eigenvalue weighted by molar-refractivity contribution is -0.305. The van der Waals surface area contributed by atoms with Gasteiger partial charge in [-0.05, 0) is 18.6 Å². The van der Waals surface area contributed by atoms with E-state index in [0.29, 0.717) is 0 Å². The zero-order valence-electron chi connectivity index (χ0n) is 14.3. The van der Waals surface area contributed by atoms with Crippen LogP contribution in [0, 0.1) is 11.8 Å². The van der Waals surface area contributed by atoms with Gasteiger partial charge < -0.3 is 9.47 Å². The number of esters is 2. The second kappa shape index (κ2) is 5.83. The molecular weight excluding hydrogens is 408 g/mol. The normalized spacial score (nSPS) is 33.2. The second-order valence-electron chi connectivity index (χ2n) is 6.89. The summed E-state index contributed by atoms with van der Waals surface area (Å²) in [5.74, 6) is -8.01. The van der Waals surface area contributed by atoms with Crippen LogP contribution in [0.5, 0.6) is 0 Å². The van der Waals surface area contributed by atoms with Crippen molar-refractivity contribution in [2.75, 3.05) is 0 Å². The first-order chi connectivity index (χ1) is 13.4. The van der Waals surface area contributed by atoms with Gasteiger partial charge in [-0.1, -0.05) is 30.4 Å². The third-order valence-corrected chi connectivity index (χ3v) is 5.41. The number of alkyl halides is 6. The Kier molecular flexibility index (Phi) is 3.91. The van der Waals surface area contributed by atoms with E-state index < -0.39 is 53.2 Å². The van der Waals surface area contributed by atoms with Crippen molar-refractivity contribution in [1.82, 2.24) is 0 Å². The van der Waals surface area contributed by atoms with E-state index in [0.717, 1.165) is 6.08 Å². The highest BCUT2D eigenvalue weighted by atomic mass is 19.4. The SMILES string of the molecule is O=C(O[C@]1(C(F)(F)F)[C@@H]2C=C[C@@H](C2)[C@@]12N=C(c1ccccc1)OC2=O)C(F)(F)F. The van der Waals surface area contributed by atoms with Crippen molar-refractivity contribution in [3.05, 3.63) is 48.0 Å². The quantitative estimate of drug-likeness (QED) is 0.419. The van der Waals surface area contributed by atoms with E-state index in [1.807, 2.05) is 0 Å². The summed E-state index contributed by atoms with van der Waals surface area (Å²) in [5, 5.41) is 0. The van der Waals surface area contributed by atoms with E-state index in [4.69, 9.17) is 4.74 Å². The molecule has 5 nitrogen and oxygen atoms in total. The topological polar surface area (TPSA) is 65.0 Å². The maximum Gasteiger partial charge on any atom is 0.490 e. The molecule has 0 unspecified atom stereocenters. The Balaban J connectivity index is 1.93. The van der Waals surface area contributed by atoms with Crippen molar-refractivity contribution in [1.29, 1.82) is 0 Å². The van der Waals surface area contributed by atoms with E-state index in [1.165, 1.54) is 30.3 Å². The number of hydrogen-bond donors (Lipinski definition) is 0. The molecular formula is C18H11F6NO4. The number of nitrogens with zero attached hydrogens (tertiary/aromatic N) is 1. The number of cyclic esters (lactones) is 1. The van der Waals surface area contributed by atoms with Crippen LogP contribution in [-0.4, -0.2) is 41.3 Å². The maximum absolute atomic E-state index is 14.3. The molecule has 1 spiro atoms. The lowest BCUT2D eigenvalue weighted by Crippen LogP contribution is -2.69. The molecule has 1 fully saturated rings. The number of aliphatic imine (C=N–C) groups is 1. The van der Waals surface area contributed by atoms with Gasteiger partial charge in [0.15, 0.2) is 0 Å². The summed E-state index contributed by atoms with van der Waals surface area (Å²) < 4.78 is 90.3. The molecule has 1 aromatic rings. The van der Waals surface area contributed by atoms with Crippen LogP contribution in [0.25, 0.3) is 0 Å². The van der Waals surface area contributed by atoms with E-state index >= 15 is 0 Å². The number of carbonyl (C=O) groups excluding carboxylic acids is 2. The molecule has 1 heterocycles. The van der Waals surface area contributed by atoms with Crippen LogP contribution in [0.4, 0.5) is 26.3 Å². The Labute approximate surface area is 159 Å². The highest BCUT2D eigenvalue weighted by Crippen LogP contribution is 2.64. The van der Waals surface area contributed by atoms with Gasteiger partial charge in [-0.3, -0.25) is 0 Å². The van der Waals surface area contributed by atoms with Crippen molar-refractivity contribution in [3.63, 3.8) is 0 Å². The molecule has 0 N–H and O–H groups in total. The molecule has 11 heteroatoms. The molecule has 3 aliphatic rings. The zero-order valence-corrected chi connectivity index (χ0v) is 14.3. The van der Waals surface area contributed by atoms with Crippen molar-refractivity contribution >= 4 is 17.8 Å². The van der Waals surface area contributed by atoms with Crippen LogP contribution in [0.3, 0.4) is 0 Å². The number of hydrogen-bond acceptors (Lipinski definition) is 5. The largest absolute Gasteiger partial charge is 0.490 e. The average Bonchev–Trinajstić information content (AvgIpc) is 3.30. The van der Waals surface area contributed by atoms with Crippen molar-refractivity contribution in [2.45, 2.75) is 29.9 Å². The van der Waals surface area contributed by atoms with Crippen LogP contribution in [0.2, 0.25) is 0 Å². The van der Waals surface area contributed by atoms with Crippen LogP contribution in [0.15, 0.2) is 47.5 Å². The van der Waals surface area contributed by atoms with Gasteiger partial charge >= 0.3 is 24.3 Å². The van der Waals surface area contributed by atoms with Gasteiger partial charge in [-0.2, -0.15) is 26.3 Å². The second-order valence-corrected chi connectivity index (χ2v) is 6.89. The van der Waals surface area contributed by atoms with Gasteiger partial charge in [0.25, 0.3) is 0 Å². The van der Waals surface area contributed by atoms with Crippen LogP contribution >= 0.6 is 0 Å². The standard InChI is InChI=1S/C18H11F6NO4/c19-17(20,21)14(27)29-16(18(22,23)24)11-7-6-10(8-11)15(16)13(26)28-12(25-15)9-4-2-1-3-5-9/h1-7,10-11H,8H2/t10-,11+,15-,16+/m0/s1. The van der Waals surface area contributed by atoms with E-state index in [9.17, 15) is 35.9 Å². The maximum atomic E-state index is 14.3. The minimum atomic E-state index is -5.69. The van der Waals surface area contributed by atoms with Crippen LogP contribution in [0.1, 0.15) is 12.0 Å². The third-order valence-electron chi connectivity index (χ3n) is 5.41. The summed E-state index contributed by atoms with van der Waals surface area (Å²) in [6, 6.07) is 7.44. The predicted molar refractivity (Wildman–Crippen MR) is 83.5 cm³/mol. The van der Waals surface area contributed by atoms with Crippen LogP contribution < -0.4 is 0 Å². The van der Waals surface area contributed by atoms with Gasteiger partial charge in [0.1, 0.15) is 0 Å². The summed E-state index contributed by atoms with van der Waals surface area (Å²) in [6.45, 7) is 0. The monoisotopic (exact) mass is 419 g/mol. The van der Waals surface area contributed by atoms with Crippen LogP contribution in [-0.2, 0) is 19.1 Å². The Morgan fingerprint density at radius 1 is 1.07 bits per heavy atom. The fourth-order valence-corrected chi connectivity index (χ4v) is 4.28. The lowest BCUT2D eigenvalue weighted by Gasteiger charge is -2.44.